The van der Waals surface area contributed by atoms with Crippen LogP contribution in [-0.2, 0) is 21.2 Å². The van der Waals surface area contributed by atoms with Crippen molar-refractivity contribution < 1.29 is 22.7 Å². The van der Waals surface area contributed by atoms with Crippen molar-refractivity contribution in [2.24, 2.45) is 11.3 Å². The van der Waals surface area contributed by atoms with E-state index in [9.17, 15) is 13.2 Å². The number of carbonyl (C=O) groups is 1. The van der Waals surface area contributed by atoms with Crippen molar-refractivity contribution >= 4 is 27.3 Å². The van der Waals surface area contributed by atoms with Crippen LogP contribution in [0.15, 0.2) is 41.3 Å². The van der Waals surface area contributed by atoms with Gasteiger partial charge in [0.2, 0.25) is 5.91 Å². The van der Waals surface area contributed by atoms with Crippen molar-refractivity contribution in [1.82, 2.24) is 0 Å². The fourth-order valence-corrected chi connectivity index (χ4v) is 4.89. The van der Waals surface area contributed by atoms with E-state index in [0.717, 1.165) is 5.56 Å². The van der Waals surface area contributed by atoms with Crippen LogP contribution in [-0.4, -0.2) is 34.6 Å². The Morgan fingerprint density at radius 3 is 2.53 bits per heavy atom. The lowest BCUT2D eigenvalue weighted by Crippen LogP contribution is -2.43. The lowest BCUT2D eigenvalue weighted by molar-refractivity contribution is -0.127. The Labute approximate surface area is 190 Å². The molecule has 0 bridgehead atoms. The van der Waals surface area contributed by atoms with Crippen molar-refractivity contribution in [1.29, 1.82) is 0 Å². The second-order valence-corrected chi connectivity index (χ2v) is 10.8. The first-order valence-electron chi connectivity index (χ1n) is 10.8. The average Bonchev–Trinajstić information content (AvgIpc) is 2.83. The van der Waals surface area contributed by atoms with E-state index < -0.39 is 15.4 Å². The van der Waals surface area contributed by atoms with Gasteiger partial charge in [0.1, 0.15) is 23.0 Å². The van der Waals surface area contributed by atoms with Gasteiger partial charge in [-0.05, 0) is 56.0 Å². The van der Waals surface area contributed by atoms with Crippen LogP contribution >= 0.6 is 0 Å². The number of rotatable bonds is 7. The third-order valence-electron chi connectivity index (χ3n) is 5.39. The number of sulfonamides is 1. The number of nitrogens with zero attached hydrogens (tertiary/aromatic N) is 1. The van der Waals surface area contributed by atoms with Gasteiger partial charge in [-0.25, -0.2) is 8.42 Å². The third-order valence-corrected chi connectivity index (χ3v) is 6.79. The van der Waals surface area contributed by atoms with Gasteiger partial charge in [0.05, 0.1) is 23.9 Å². The zero-order valence-corrected chi connectivity index (χ0v) is 20.4. The number of carbonyl (C=O) groups excluding carboxylic acids is 1. The predicted molar refractivity (Wildman–Crippen MR) is 126 cm³/mol. The smallest absolute Gasteiger partial charge is 0.265 e. The van der Waals surface area contributed by atoms with E-state index >= 15 is 0 Å². The fraction of sp³-hybridized carbons (Fsp3) is 0.458. The largest absolute Gasteiger partial charge is 0.495 e. The van der Waals surface area contributed by atoms with Gasteiger partial charge in [0.15, 0.2) is 0 Å². The van der Waals surface area contributed by atoms with E-state index in [0.29, 0.717) is 30.1 Å². The molecular formula is C24H32N2O5S. The molecule has 0 saturated heterocycles. The zero-order chi connectivity index (χ0) is 23.7. The van der Waals surface area contributed by atoms with E-state index in [1.807, 2.05) is 40.7 Å². The molecular weight excluding hydrogens is 428 g/mol. The summed E-state index contributed by atoms with van der Waals surface area (Å²) in [6.45, 7) is 10.5. The number of ether oxygens (including phenoxy) is 2. The Morgan fingerprint density at radius 1 is 1.19 bits per heavy atom. The molecule has 0 aliphatic carbocycles. The van der Waals surface area contributed by atoms with Gasteiger partial charge >= 0.3 is 0 Å². The van der Waals surface area contributed by atoms with Crippen LogP contribution in [0, 0.1) is 11.3 Å². The molecule has 1 N–H and O–H groups in total. The van der Waals surface area contributed by atoms with E-state index in [1.165, 1.54) is 7.11 Å². The number of amides is 1. The lowest BCUT2D eigenvalue weighted by Gasteiger charge is -2.29. The summed E-state index contributed by atoms with van der Waals surface area (Å²) in [6, 6.07) is 10.1. The zero-order valence-electron chi connectivity index (χ0n) is 19.6. The highest BCUT2D eigenvalue weighted by Gasteiger charge is 2.38. The normalized spacial score (nSPS) is 15.7. The van der Waals surface area contributed by atoms with Crippen LogP contribution in [0.3, 0.4) is 0 Å². The van der Waals surface area contributed by atoms with Gasteiger partial charge in [-0.1, -0.05) is 26.8 Å². The van der Waals surface area contributed by atoms with Crippen molar-refractivity contribution in [2.45, 2.75) is 45.9 Å². The minimum atomic E-state index is -3.90. The van der Waals surface area contributed by atoms with Crippen LogP contribution in [0.5, 0.6) is 11.5 Å². The molecule has 0 radical (unpaired) electrons. The van der Waals surface area contributed by atoms with Gasteiger partial charge < -0.3 is 14.4 Å². The highest BCUT2D eigenvalue weighted by Crippen LogP contribution is 2.39. The SMILES string of the molecule is CCc1ccc(OC)c(S(=O)(=O)Nc2ccc3c(c2)OCC(C)(C)C(=O)N3CC(C)C)c1. The average molecular weight is 461 g/mol. The molecule has 1 amide bonds. The Hall–Kier alpha value is -2.74. The Kier molecular flexibility index (Phi) is 6.74. The van der Waals surface area contributed by atoms with E-state index in [2.05, 4.69) is 4.72 Å². The number of fused-ring (bicyclic) bond motifs is 1. The molecule has 1 heterocycles. The summed E-state index contributed by atoms with van der Waals surface area (Å²) in [5.74, 6) is 0.992. The fourth-order valence-electron chi connectivity index (χ4n) is 3.62. The Balaban J connectivity index is 1.99. The maximum Gasteiger partial charge on any atom is 0.265 e. The second-order valence-electron chi connectivity index (χ2n) is 9.11. The maximum absolute atomic E-state index is 13.2. The minimum absolute atomic E-state index is 0.0144. The number of anilines is 2. The van der Waals surface area contributed by atoms with Crippen LogP contribution in [0.1, 0.15) is 40.2 Å². The summed E-state index contributed by atoms with van der Waals surface area (Å²) in [5.41, 5.74) is 1.19. The number of hydrogen-bond acceptors (Lipinski definition) is 5. The van der Waals surface area contributed by atoms with Crippen LogP contribution in [0.25, 0.3) is 0 Å². The van der Waals surface area contributed by atoms with E-state index in [4.69, 9.17) is 9.47 Å². The first-order chi connectivity index (χ1) is 15.0. The van der Waals surface area contributed by atoms with Gasteiger partial charge in [0.25, 0.3) is 10.0 Å². The first-order valence-corrected chi connectivity index (χ1v) is 12.3. The molecule has 8 heteroatoms. The van der Waals surface area contributed by atoms with Crippen molar-refractivity contribution in [3.05, 3.63) is 42.0 Å². The quantitative estimate of drug-likeness (QED) is 0.659. The molecule has 0 atom stereocenters. The molecule has 7 nitrogen and oxygen atoms in total. The number of methoxy groups -OCH3 is 1. The van der Waals surface area contributed by atoms with Gasteiger partial charge in [-0.3, -0.25) is 9.52 Å². The number of hydrogen-bond donors (Lipinski definition) is 1. The molecule has 32 heavy (non-hydrogen) atoms. The number of benzene rings is 2. The molecule has 1 aliphatic rings. The minimum Gasteiger partial charge on any atom is -0.495 e. The highest BCUT2D eigenvalue weighted by atomic mass is 32.2. The third kappa shape index (κ3) is 4.85. The molecule has 0 saturated carbocycles. The lowest BCUT2D eigenvalue weighted by atomic mass is 9.92. The molecule has 174 valence electrons. The number of nitrogens with one attached hydrogen (secondary N) is 1. The molecule has 0 spiro atoms. The molecule has 2 aromatic carbocycles. The van der Waals surface area contributed by atoms with Gasteiger partial charge in [-0.15, -0.1) is 0 Å². The molecule has 0 aromatic heterocycles. The summed E-state index contributed by atoms with van der Waals surface area (Å²) in [6.07, 6.45) is 0.703. The first kappa shape index (κ1) is 23.9. The summed E-state index contributed by atoms with van der Waals surface area (Å²) >= 11 is 0. The van der Waals surface area contributed by atoms with Crippen molar-refractivity contribution in [2.75, 3.05) is 29.9 Å². The Bertz CT molecular complexity index is 1110. The topological polar surface area (TPSA) is 84.9 Å². The molecule has 3 rings (SSSR count). The summed E-state index contributed by atoms with van der Waals surface area (Å²) < 4.78 is 40.2. The molecule has 2 aromatic rings. The summed E-state index contributed by atoms with van der Waals surface area (Å²) in [7, 11) is -2.46. The predicted octanol–water partition coefficient (Wildman–Crippen LogP) is 4.47. The molecule has 1 aliphatic heterocycles. The monoisotopic (exact) mass is 460 g/mol. The number of aryl methyl sites for hydroxylation is 1. The van der Waals surface area contributed by atoms with Crippen LogP contribution < -0.4 is 19.1 Å². The Morgan fingerprint density at radius 2 is 1.91 bits per heavy atom. The van der Waals surface area contributed by atoms with E-state index in [-0.39, 0.29) is 29.1 Å². The van der Waals surface area contributed by atoms with Crippen LogP contribution in [0.4, 0.5) is 11.4 Å². The summed E-state index contributed by atoms with van der Waals surface area (Å²) in [4.78, 5) is 14.9. The molecule has 0 unspecified atom stereocenters. The highest BCUT2D eigenvalue weighted by molar-refractivity contribution is 7.92. The second kappa shape index (κ2) is 9.02. The van der Waals surface area contributed by atoms with Crippen molar-refractivity contribution in [3.63, 3.8) is 0 Å². The van der Waals surface area contributed by atoms with Crippen LogP contribution in [0.2, 0.25) is 0 Å². The van der Waals surface area contributed by atoms with Gasteiger partial charge in [0, 0.05) is 12.6 Å². The van der Waals surface area contributed by atoms with Crippen molar-refractivity contribution in [3.8, 4) is 11.5 Å². The molecule has 0 fully saturated rings. The van der Waals surface area contributed by atoms with E-state index in [1.54, 1.807) is 35.2 Å². The maximum atomic E-state index is 13.2. The summed E-state index contributed by atoms with van der Waals surface area (Å²) in [5, 5.41) is 0. The van der Waals surface area contributed by atoms with Gasteiger partial charge in [-0.2, -0.15) is 0 Å². The standard InChI is InChI=1S/C24H32N2O5S/c1-7-17-8-11-20(30-6)22(12-17)32(28,29)25-18-9-10-19-21(13-18)31-15-24(4,5)23(27)26(19)14-16(2)3/h8-13,16,25H,7,14-15H2,1-6H3.